The molecule has 1 saturated heterocycles. The van der Waals surface area contributed by atoms with Crippen LogP contribution < -0.4 is 0 Å². The first-order chi connectivity index (χ1) is 11.0. The van der Waals surface area contributed by atoms with E-state index in [-0.39, 0.29) is 23.4 Å². The summed E-state index contributed by atoms with van der Waals surface area (Å²) < 4.78 is 37.9. The molecule has 1 aliphatic heterocycles. The topological polar surface area (TPSA) is 55.9 Å². The third-order valence-corrected chi connectivity index (χ3v) is 11.7. The van der Waals surface area contributed by atoms with Gasteiger partial charge in [-0.25, -0.2) is 8.42 Å². The normalized spacial score (nSPS) is 27.4. The molecule has 3 atom stereocenters. The Balaban J connectivity index is 1.90. The SMILES string of the molecule is CC(C)(C)[Si](C)(C)O[C@@H]1C=C(S(=O)(=O)c2ccccc2)[C@H]2O[C@H]2C1. The summed E-state index contributed by atoms with van der Waals surface area (Å²) in [5.41, 5.74) is 0. The molecule has 0 bridgehead atoms. The summed E-state index contributed by atoms with van der Waals surface area (Å²) in [7, 11) is -5.49. The molecular formula is C18H26O4SSi. The molecule has 4 nitrogen and oxygen atoms in total. The lowest BCUT2D eigenvalue weighted by Crippen LogP contribution is -2.44. The number of sulfone groups is 1. The maximum atomic E-state index is 12.9. The van der Waals surface area contributed by atoms with Crippen LogP contribution in [0.2, 0.25) is 18.1 Å². The highest BCUT2D eigenvalue weighted by atomic mass is 32.2. The molecule has 1 fully saturated rings. The molecule has 3 rings (SSSR count). The van der Waals surface area contributed by atoms with E-state index in [1.54, 1.807) is 30.3 Å². The summed E-state index contributed by atoms with van der Waals surface area (Å²) >= 11 is 0. The maximum Gasteiger partial charge on any atom is 0.205 e. The van der Waals surface area contributed by atoms with Crippen LogP contribution >= 0.6 is 0 Å². The fourth-order valence-corrected chi connectivity index (χ4v) is 5.67. The minimum Gasteiger partial charge on any atom is -0.410 e. The highest BCUT2D eigenvalue weighted by Crippen LogP contribution is 2.45. The van der Waals surface area contributed by atoms with Crippen LogP contribution in [0.4, 0.5) is 0 Å². The summed E-state index contributed by atoms with van der Waals surface area (Å²) in [5, 5.41) is 0.0839. The van der Waals surface area contributed by atoms with Gasteiger partial charge in [-0.15, -0.1) is 0 Å². The van der Waals surface area contributed by atoms with E-state index in [4.69, 9.17) is 9.16 Å². The first kappa shape index (κ1) is 17.9. The molecule has 0 unspecified atom stereocenters. The second kappa shape index (κ2) is 5.80. The van der Waals surface area contributed by atoms with E-state index < -0.39 is 18.2 Å². The number of epoxide rings is 1. The van der Waals surface area contributed by atoms with Gasteiger partial charge in [-0.2, -0.15) is 0 Å². The van der Waals surface area contributed by atoms with E-state index in [9.17, 15) is 8.42 Å². The Hall–Kier alpha value is -0.953. The van der Waals surface area contributed by atoms with Gasteiger partial charge >= 0.3 is 0 Å². The molecule has 1 aromatic carbocycles. The molecule has 0 saturated carbocycles. The van der Waals surface area contributed by atoms with E-state index in [1.165, 1.54) is 0 Å². The zero-order valence-corrected chi connectivity index (χ0v) is 16.8. The maximum absolute atomic E-state index is 12.9. The highest BCUT2D eigenvalue weighted by Gasteiger charge is 2.52. The van der Waals surface area contributed by atoms with Gasteiger partial charge < -0.3 is 9.16 Å². The molecule has 6 heteroatoms. The van der Waals surface area contributed by atoms with Crippen LogP contribution in [-0.4, -0.2) is 35.0 Å². The summed E-state index contributed by atoms with van der Waals surface area (Å²) in [6, 6.07) is 8.56. The van der Waals surface area contributed by atoms with Crippen LogP contribution in [0.1, 0.15) is 27.2 Å². The van der Waals surface area contributed by atoms with E-state index >= 15 is 0 Å². The van der Waals surface area contributed by atoms with Crippen LogP contribution in [0.5, 0.6) is 0 Å². The molecule has 132 valence electrons. The highest BCUT2D eigenvalue weighted by molar-refractivity contribution is 7.95. The van der Waals surface area contributed by atoms with Gasteiger partial charge in [0.05, 0.1) is 22.0 Å². The number of benzene rings is 1. The largest absolute Gasteiger partial charge is 0.410 e. The molecule has 0 spiro atoms. The van der Waals surface area contributed by atoms with Crippen molar-refractivity contribution in [3.63, 3.8) is 0 Å². The molecule has 1 aromatic rings. The van der Waals surface area contributed by atoms with Gasteiger partial charge in [0.1, 0.15) is 6.10 Å². The van der Waals surface area contributed by atoms with Crippen LogP contribution in [0.25, 0.3) is 0 Å². The van der Waals surface area contributed by atoms with Gasteiger partial charge in [0.2, 0.25) is 9.84 Å². The molecule has 1 aliphatic carbocycles. The fourth-order valence-electron chi connectivity index (χ4n) is 2.76. The molecule has 0 amide bonds. The Kier molecular flexibility index (Phi) is 4.31. The lowest BCUT2D eigenvalue weighted by atomic mass is 10.1. The van der Waals surface area contributed by atoms with Gasteiger partial charge in [0.25, 0.3) is 0 Å². The first-order valence-electron chi connectivity index (χ1n) is 8.37. The van der Waals surface area contributed by atoms with E-state index in [0.717, 1.165) is 6.42 Å². The predicted molar refractivity (Wildman–Crippen MR) is 97.1 cm³/mol. The summed E-state index contributed by atoms with van der Waals surface area (Å²) in [4.78, 5) is 0.687. The fraction of sp³-hybridized carbons (Fsp3) is 0.556. The third kappa shape index (κ3) is 3.25. The average molecular weight is 367 g/mol. The van der Waals surface area contributed by atoms with E-state index in [0.29, 0.717) is 9.80 Å². The lowest BCUT2D eigenvalue weighted by Gasteiger charge is -2.39. The van der Waals surface area contributed by atoms with Crippen molar-refractivity contribution < 1.29 is 17.6 Å². The van der Waals surface area contributed by atoms with Crippen molar-refractivity contribution in [3.8, 4) is 0 Å². The molecule has 2 aliphatic rings. The Morgan fingerprint density at radius 2 is 1.79 bits per heavy atom. The second-order valence-corrected chi connectivity index (χ2v) is 14.8. The van der Waals surface area contributed by atoms with Gasteiger partial charge in [-0.3, -0.25) is 0 Å². The van der Waals surface area contributed by atoms with Gasteiger partial charge in [0, 0.05) is 6.42 Å². The van der Waals surface area contributed by atoms with Crippen LogP contribution in [0.15, 0.2) is 46.2 Å². The van der Waals surface area contributed by atoms with Crippen LogP contribution in [-0.2, 0) is 19.0 Å². The third-order valence-electron chi connectivity index (χ3n) is 5.29. The quantitative estimate of drug-likeness (QED) is 0.599. The molecule has 0 aromatic heterocycles. The van der Waals surface area contributed by atoms with E-state index in [1.807, 2.05) is 6.07 Å². The zero-order valence-electron chi connectivity index (χ0n) is 14.9. The smallest absolute Gasteiger partial charge is 0.205 e. The predicted octanol–water partition coefficient (Wildman–Crippen LogP) is 3.91. The molecule has 0 radical (unpaired) electrons. The van der Waals surface area contributed by atoms with Gasteiger partial charge in [0.15, 0.2) is 8.32 Å². The summed E-state index contributed by atoms with van der Waals surface area (Å²) in [6.07, 6.45) is 2.01. The average Bonchev–Trinajstić information content (AvgIpc) is 3.24. The number of ether oxygens (including phenoxy) is 1. The Bertz CT molecular complexity index is 747. The van der Waals surface area contributed by atoms with Crippen molar-refractivity contribution in [1.82, 2.24) is 0 Å². The van der Waals surface area contributed by atoms with E-state index in [2.05, 4.69) is 33.9 Å². The number of hydrogen-bond donors (Lipinski definition) is 0. The number of rotatable bonds is 4. The zero-order chi connectivity index (χ0) is 17.8. The van der Waals surface area contributed by atoms with Gasteiger partial charge in [-0.05, 0) is 36.3 Å². The summed E-state index contributed by atoms with van der Waals surface area (Å²) in [5.74, 6) is 0. The minimum absolute atomic E-state index is 0.0294. The Morgan fingerprint density at radius 3 is 2.38 bits per heavy atom. The monoisotopic (exact) mass is 366 g/mol. The molecule has 24 heavy (non-hydrogen) atoms. The van der Waals surface area contributed by atoms with Gasteiger partial charge in [-0.1, -0.05) is 39.0 Å². The standard InChI is InChI=1S/C18H26O4SSi/c1-18(2,3)24(4,5)22-13-11-15-17(21-15)16(12-13)23(19,20)14-9-7-6-8-10-14/h6-10,12-13,15,17H,11H2,1-5H3/t13-,15-,17-/m0/s1. The number of hydrogen-bond acceptors (Lipinski definition) is 4. The second-order valence-electron chi connectivity index (χ2n) is 8.13. The van der Waals surface area contributed by atoms with Crippen molar-refractivity contribution >= 4 is 18.2 Å². The van der Waals surface area contributed by atoms with Crippen LogP contribution in [0, 0.1) is 0 Å². The lowest BCUT2D eigenvalue weighted by molar-refractivity contribution is 0.200. The molecule has 0 N–H and O–H groups in total. The van der Waals surface area contributed by atoms with Crippen molar-refractivity contribution in [2.24, 2.45) is 0 Å². The van der Waals surface area contributed by atoms with Crippen molar-refractivity contribution in [2.45, 2.75) is 68.5 Å². The molecule has 1 heterocycles. The molecular weight excluding hydrogens is 340 g/mol. The number of fused-ring (bicyclic) bond motifs is 1. The summed E-state index contributed by atoms with van der Waals surface area (Å²) in [6.45, 7) is 10.9. The Labute approximate surface area is 145 Å². The first-order valence-corrected chi connectivity index (χ1v) is 12.8. The van der Waals surface area contributed by atoms with Crippen molar-refractivity contribution in [2.75, 3.05) is 0 Å². The van der Waals surface area contributed by atoms with Crippen molar-refractivity contribution in [3.05, 3.63) is 41.3 Å². The Morgan fingerprint density at radius 1 is 1.17 bits per heavy atom. The van der Waals surface area contributed by atoms with Crippen molar-refractivity contribution in [1.29, 1.82) is 0 Å². The minimum atomic E-state index is -3.52. The van der Waals surface area contributed by atoms with Crippen LogP contribution in [0.3, 0.4) is 0 Å².